The molecule has 0 heterocycles. The summed E-state index contributed by atoms with van der Waals surface area (Å²) in [6.45, 7) is 1.73. The third kappa shape index (κ3) is 3.44. The first-order valence-electron chi connectivity index (χ1n) is 5.18. The number of likely N-dealkylation sites (N-methyl/N-ethyl adjacent to an activating group) is 1. The summed E-state index contributed by atoms with van der Waals surface area (Å²) in [5.41, 5.74) is -0.818. The van der Waals surface area contributed by atoms with E-state index in [9.17, 15) is 9.18 Å². The number of carbonyl (C=O) groups is 1. The first-order valence-corrected chi connectivity index (χ1v) is 6.16. The molecule has 0 aliphatic heterocycles. The molecule has 0 saturated heterocycles. The van der Waals surface area contributed by atoms with Crippen LogP contribution in [0.1, 0.15) is 6.92 Å². The number of carbonyl (C=O) groups excluding carboxylic acids is 1. The molecule has 94 valence electrons. The summed E-state index contributed by atoms with van der Waals surface area (Å²) in [6, 6.07) is 6.49. The summed E-state index contributed by atoms with van der Waals surface area (Å²) >= 11 is 1.28. The lowest BCUT2D eigenvalue weighted by Gasteiger charge is -2.25. The Morgan fingerprint density at radius 1 is 1.53 bits per heavy atom. The van der Waals surface area contributed by atoms with Crippen LogP contribution >= 0.6 is 11.8 Å². The Kier molecular flexibility index (Phi) is 4.96. The number of rotatable bonds is 5. The molecule has 1 rings (SSSR count). The predicted octanol–water partition coefficient (Wildman–Crippen LogP) is 2.07. The molecule has 0 radical (unpaired) electrons. The number of esters is 1. The molecule has 5 heteroatoms. The molecule has 0 aliphatic carbocycles. The van der Waals surface area contributed by atoms with E-state index >= 15 is 0 Å². The quantitative estimate of drug-likeness (QED) is 0.647. The second kappa shape index (κ2) is 6.02. The lowest BCUT2D eigenvalue weighted by Crippen LogP contribution is -2.50. The minimum atomic E-state index is -0.818. The van der Waals surface area contributed by atoms with Crippen molar-refractivity contribution in [3.8, 4) is 0 Å². The fourth-order valence-corrected chi connectivity index (χ4v) is 2.33. The van der Waals surface area contributed by atoms with Crippen molar-refractivity contribution < 1.29 is 13.9 Å². The van der Waals surface area contributed by atoms with Crippen LogP contribution in [0.5, 0.6) is 0 Å². The van der Waals surface area contributed by atoms with E-state index in [1.807, 2.05) is 0 Å². The van der Waals surface area contributed by atoms with E-state index in [1.54, 1.807) is 32.2 Å². The number of halogens is 1. The van der Waals surface area contributed by atoms with E-state index in [2.05, 4.69) is 5.32 Å². The average Bonchev–Trinajstić information content (AvgIpc) is 2.36. The largest absolute Gasteiger partial charge is 0.468 e. The molecule has 1 aromatic carbocycles. The van der Waals surface area contributed by atoms with Crippen LogP contribution in [0.25, 0.3) is 0 Å². The first-order chi connectivity index (χ1) is 8.03. The van der Waals surface area contributed by atoms with Gasteiger partial charge in [-0.15, -0.1) is 11.8 Å². The molecule has 0 aromatic heterocycles. The van der Waals surface area contributed by atoms with Gasteiger partial charge in [-0.25, -0.2) is 4.39 Å². The highest BCUT2D eigenvalue weighted by molar-refractivity contribution is 7.99. The molecule has 1 unspecified atom stereocenters. The monoisotopic (exact) mass is 257 g/mol. The number of thioether (sulfide) groups is 1. The van der Waals surface area contributed by atoms with Crippen LogP contribution in [0, 0.1) is 5.82 Å². The Morgan fingerprint density at radius 3 is 2.71 bits per heavy atom. The van der Waals surface area contributed by atoms with E-state index < -0.39 is 5.54 Å². The molecule has 0 aliphatic rings. The van der Waals surface area contributed by atoms with Gasteiger partial charge in [-0.2, -0.15) is 0 Å². The van der Waals surface area contributed by atoms with Crippen LogP contribution in [0.3, 0.4) is 0 Å². The molecule has 3 nitrogen and oxygen atoms in total. The molecule has 0 spiro atoms. The molecule has 17 heavy (non-hydrogen) atoms. The third-order valence-corrected chi connectivity index (χ3v) is 3.90. The van der Waals surface area contributed by atoms with Gasteiger partial charge < -0.3 is 10.1 Å². The zero-order chi connectivity index (χ0) is 12.9. The SMILES string of the molecule is CNC(C)(CSc1ccccc1F)C(=O)OC. The number of hydrogen-bond acceptors (Lipinski definition) is 4. The summed E-state index contributed by atoms with van der Waals surface area (Å²) < 4.78 is 18.1. The minimum Gasteiger partial charge on any atom is -0.468 e. The lowest BCUT2D eigenvalue weighted by molar-refractivity contribution is -0.146. The van der Waals surface area contributed by atoms with Crippen LogP contribution < -0.4 is 5.32 Å². The Morgan fingerprint density at radius 2 is 2.18 bits per heavy atom. The van der Waals surface area contributed by atoms with Gasteiger partial charge in [0.05, 0.1) is 7.11 Å². The van der Waals surface area contributed by atoms with Gasteiger partial charge in [0, 0.05) is 10.6 Å². The van der Waals surface area contributed by atoms with Gasteiger partial charge in [-0.1, -0.05) is 12.1 Å². The van der Waals surface area contributed by atoms with Gasteiger partial charge in [-0.3, -0.25) is 4.79 Å². The predicted molar refractivity (Wildman–Crippen MR) is 66.6 cm³/mol. The third-order valence-electron chi connectivity index (χ3n) is 2.54. The Labute approximate surface area is 105 Å². The molecule has 1 N–H and O–H groups in total. The summed E-state index contributed by atoms with van der Waals surface area (Å²) in [6.07, 6.45) is 0. The van der Waals surface area contributed by atoms with Crippen molar-refractivity contribution in [2.24, 2.45) is 0 Å². The summed E-state index contributed by atoms with van der Waals surface area (Å²) in [4.78, 5) is 12.1. The van der Waals surface area contributed by atoms with Crippen molar-refractivity contribution in [2.75, 3.05) is 19.9 Å². The van der Waals surface area contributed by atoms with E-state index in [4.69, 9.17) is 4.74 Å². The molecule has 0 saturated carbocycles. The van der Waals surface area contributed by atoms with Crippen LogP contribution in [0.4, 0.5) is 4.39 Å². The highest BCUT2D eigenvalue weighted by Gasteiger charge is 2.32. The standard InChI is InChI=1S/C12H16FNO2S/c1-12(14-2,11(15)16-3)8-17-10-7-5-4-6-9(10)13/h4-7,14H,8H2,1-3H3. The van der Waals surface area contributed by atoms with Crippen LogP contribution in [0.15, 0.2) is 29.2 Å². The molecular formula is C12H16FNO2S. The number of benzene rings is 1. The zero-order valence-corrected chi connectivity index (χ0v) is 10.9. The first kappa shape index (κ1) is 14.0. The van der Waals surface area contributed by atoms with Crippen molar-refractivity contribution in [3.05, 3.63) is 30.1 Å². The maximum absolute atomic E-state index is 13.4. The number of ether oxygens (including phenoxy) is 1. The fraction of sp³-hybridized carbons (Fsp3) is 0.417. The van der Waals surface area contributed by atoms with Crippen LogP contribution in [-0.2, 0) is 9.53 Å². The maximum atomic E-state index is 13.4. The topological polar surface area (TPSA) is 38.3 Å². The molecule has 1 aromatic rings. The van der Waals surface area contributed by atoms with Gasteiger partial charge in [0.2, 0.25) is 0 Å². The fourth-order valence-electron chi connectivity index (χ4n) is 1.24. The highest BCUT2D eigenvalue weighted by Crippen LogP contribution is 2.25. The van der Waals surface area contributed by atoms with Crippen molar-refractivity contribution in [3.63, 3.8) is 0 Å². The van der Waals surface area contributed by atoms with E-state index in [0.717, 1.165) is 0 Å². The smallest absolute Gasteiger partial charge is 0.326 e. The van der Waals surface area contributed by atoms with Gasteiger partial charge in [-0.05, 0) is 26.1 Å². The number of nitrogens with one attached hydrogen (secondary N) is 1. The average molecular weight is 257 g/mol. The highest BCUT2D eigenvalue weighted by atomic mass is 32.2. The van der Waals surface area contributed by atoms with Crippen molar-refractivity contribution in [2.45, 2.75) is 17.4 Å². The Hall–Kier alpha value is -1.07. The Bertz CT molecular complexity index is 400. The summed E-state index contributed by atoms with van der Waals surface area (Å²) in [7, 11) is 3.02. The van der Waals surface area contributed by atoms with Crippen molar-refractivity contribution in [1.29, 1.82) is 0 Å². The van der Waals surface area contributed by atoms with E-state index in [1.165, 1.54) is 24.9 Å². The molecule has 0 fully saturated rings. The van der Waals surface area contributed by atoms with Gasteiger partial charge in [0.25, 0.3) is 0 Å². The van der Waals surface area contributed by atoms with E-state index in [0.29, 0.717) is 10.6 Å². The minimum absolute atomic E-state index is 0.277. The molecule has 0 bridgehead atoms. The van der Waals surface area contributed by atoms with Gasteiger partial charge in [0.1, 0.15) is 11.4 Å². The summed E-state index contributed by atoms with van der Waals surface area (Å²) in [5.74, 6) is -0.235. The van der Waals surface area contributed by atoms with E-state index in [-0.39, 0.29) is 11.8 Å². The number of hydrogen-bond donors (Lipinski definition) is 1. The maximum Gasteiger partial charge on any atom is 0.326 e. The molecular weight excluding hydrogens is 241 g/mol. The van der Waals surface area contributed by atoms with Crippen LogP contribution in [0.2, 0.25) is 0 Å². The molecule has 0 amide bonds. The van der Waals surface area contributed by atoms with Crippen LogP contribution in [-0.4, -0.2) is 31.4 Å². The normalized spacial score (nSPS) is 14.1. The summed E-state index contributed by atoms with van der Waals surface area (Å²) in [5, 5.41) is 2.90. The van der Waals surface area contributed by atoms with Crippen molar-refractivity contribution >= 4 is 17.7 Å². The second-order valence-corrected chi connectivity index (χ2v) is 4.81. The Balaban J connectivity index is 2.72. The number of methoxy groups -OCH3 is 1. The van der Waals surface area contributed by atoms with Gasteiger partial charge in [0.15, 0.2) is 0 Å². The lowest BCUT2D eigenvalue weighted by atomic mass is 10.1. The van der Waals surface area contributed by atoms with Gasteiger partial charge >= 0.3 is 5.97 Å². The molecule has 1 atom stereocenters. The zero-order valence-electron chi connectivity index (χ0n) is 10.1. The van der Waals surface area contributed by atoms with Crippen molar-refractivity contribution in [1.82, 2.24) is 5.32 Å². The second-order valence-electron chi connectivity index (χ2n) is 3.79.